The van der Waals surface area contributed by atoms with Crippen LogP contribution in [0.4, 0.5) is 0 Å². The third kappa shape index (κ3) is 4.33. The number of aryl methyl sites for hydroxylation is 2. The molecule has 0 aromatic heterocycles. The lowest BCUT2D eigenvalue weighted by atomic mass is 10.1. The van der Waals surface area contributed by atoms with Crippen molar-refractivity contribution < 1.29 is 4.74 Å². The fourth-order valence-corrected chi connectivity index (χ4v) is 2.30. The lowest BCUT2D eigenvalue weighted by Gasteiger charge is -2.16. The van der Waals surface area contributed by atoms with Crippen molar-refractivity contribution >= 4 is 0 Å². The summed E-state index contributed by atoms with van der Waals surface area (Å²) >= 11 is 0. The highest BCUT2D eigenvalue weighted by Gasteiger charge is 2.08. The van der Waals surface area contributed by atoms with Crippen LogP contribution in [0, 0.1) is 13.8 Å². The molecule has 2 rings (SSSR count). The standard InChI is InChI=1S/C19H25NO/c1-14(2)20-12-17-11-7-9-16(4)19(17)21-13-18-10-6-5-8-15(18)3/h5-11,14,20H,12-13H2,1-4H3. The van der Waals surface area contributed by atoms with E-state index in [0.717, 1.165) is 12.3 Å². The Morgan fingerprint density at radius 3 is 2.29 bits per heavy atom. The van der Waals surface area contributed by atoms with Crippen LogP contribution in [-0.4, -0.2) is 6.04 Å². The van der Waals surface area contributed by atoms with Gasteiger partial charge in [0.25, 0.3) is 0 Å². The first kappa shape index (κ1) is 15.6. The van der Waals surface area contributed by atoms with Gasteiger partial charge in [-0.25, -0.2) is 0 Å². The Bertz CT molecular complexity index is 590. The predicted molar refractivity (Wildman–Crippen MR) is 88.7 cm³/mol. The van der Waals surface area contributed by atoms with Gasteiger partial charge in [-0.1, -0.05) is 56.3 Å². The maximum atomic E-state index is 6.13. The second-order valence-electron chi connectivity index (χ2n) is 5.81. The van der Waals surface area contributed by atoms with Gasteiger partial charge in [-0.05, 0) is 30.5 Å². The summed E-state index contributed by atoms with van der Waals surface area (Å²) in [6.07, 6.45) is 0. The summed E-state index contributed by atoms with van der Waals surface area (Å²) in [6.45, 7) is 9.99. The molecule has 2 aromatic rings. The monoisotopic (exact) mass is 283 g/mol. The molecule has 0 aliphatic heterocycles. The van der Waals surface area contributed by atoms with E-state index in [1.54, 1.807) is 0 Å². The molecule has 0 saturated carbocycles. The fraction of sp³-hybridized carbons (Fsp3) is 0.368. The minimum Gasteiger partial charge on any atom is -0.488 e. The maximum absolute atomic E-state index is 6.13. The van der Waals surface area contributed by atoms with Crippen molar-refractivity contribution in [3.8, 4) is 5.75 Å². The Labute approximate surface area is 128 Å². The minimum absolute atomic E-state index is 0.467. The summed E-state index contributed by atoms with van der Waals surface area (Å²) in [5, 5.41) is 3.46. The van der Waals surface area contributed by atoms with Gasteiger partial charge in [0.2, 0.25) is 0 Å². The molecule has 0 spiro atoms. The average Bonchev–Trinajstić information content (AvgIpc) is 2.45. The molecule has 0 radical (unpaired) electrons. The van der Waals surface area contributed by atoms with Crippen LogP contribution in [-0.2, 0) is 13.2 Å². The van der Waals surface area contributed by atoms with E-state index in [1.807, 2.05) is 0 Å². The van der Waals surface area contributed by atoms with Gasteiger partial charge >= 0.3 is 0 Å². The molecule has 2 aromatic carbocycles. The summed E-state index contributed by atoms with van der Waals surface area (Å²) in [4.78, 5) is 0. The van der Waals surface area contributed by atoms with E-state index < -0.39 is 0 Å². The Balaban J connectivity index is 2.13. The molecule has 0 saturated heterocycles. The van der Waals surface area contributed by atoms with Gasteiger partial charge in [0, 0.05) is 18.2 Å². The number of nitrogens with one attached hydrogen (secondary N) is 1. The molecule has 0 unspecified atom stereocenters. The summed E-state index contributed by atoms with van der Waals surface area (Å²) in [5.41, 5.74) is 4.92. The van der Waals surface area contributed by atoms with Gasteiger partial charge < -0.3 is 10.1 Å². The second-order valence-corrected chi connectivity index (χ2v) is 5.81. The first-order valence-corrected chi connectivity index (χ1v) is 7.57. The topological polar surface area (TPSA) is 21.3 Å². The highest BCUT2D eigenvalue weighted by molar-refractivity contribution is 5.41. The van der Waals surface area contributed by atoms with Gasteiger partial charge in [-0.3, -0.25) is 0 Å². The number of hydrogen-bond donors (Lipinski definition) is 1. The van der Waals surface area contributed by atoms with Crippen LogP contribution in [0.3, 0.4) is 0 Å². The molecule has 21 heavy (non-hydrogen) atoms. The van der Waals surface area contributed by atoms with E-state index >= 15 is 0 Å². The molecule has 0 aliphatic rings. The van der Waals surface area contributed by atoms with Gasteiger partial charge in [-0.2, -0.15) is 0 Å². The molecule has 0 atom stereocenters. The van der Waals surface area contributed by atoms with E-state index in [2.05, 4.69) is 75.5 Å². The number of hydrogen-bond acceptors (Lipinski definition) is 2. The molecule has 1 N–H and O–H groups in total. The van der Waals surface area contributed by atoms with E-state index in [-0.39, 0.29) is 0 Å². The Hall–Kier alpha value is -1.80. The van der Waals surface area contributed by atoms with Crippen LogP contribution in [0.25, 0.3) is 0 Å². The average molecular weight is 283 g/mol. The third-order valence-corrected chi connectivity index (χ3v) is 3.63. The minimum atomic E-state index is 0.467. The molecule has 112 valence electrons. The van der Waals surface area contributed by atoms with Gasteiger partial charge in [0.05, 0.1) is 0 Å². The first-order chi connectivity index (χ1) is 10.1. The predicted octanol–water partition coefficient (Wildman–Crippen LogP) is 4.38. The smallest absolute Gasteiger partial charge is 0.127 e. The Morgan fingerprint density at radius 2 is 1.57 bits per heavy atom. The molecule has 2 nitrogen and oxygen atoms in total. The summed E-state index contributed by atoms with van der Waals surface area (Å²) < 4.78 is 6.13. The lowest BCUT2D eigenvalue weighted by Crippen LogP contribution is -2.22. The van der Waals surface area contributed by atoms with Crippen molar-refractivity contribution in [1.82, 2.24) is 5.32 Å². The largest absolute Gasteiger partial charge is 0.488 e. The van der Waals surface area contributed by atoms with Crippen molar-refractivity contribution in [1.29, 1.82) is 0 Å². The SMILES string of the molecule is Cc1ccccc1COc1c(C)cccc1CNC(C)C. The Morgan fingerprint density at radius 1 is 0.905 bits per heavy atom. The lowest BCUT2D eigenvalue weighted by molar-refractivity contribution is 0.299. The molecular formula is C19H25NO. The summed E-state index contributed by atoms with van der Waals surface area (Å²) in [6, 6.07) is 15.2. The van der Waals surface area contributed by atoms with Gasteiger partial charge in [-0.15, -0.1) is 0 Å². The highest BCUT2D eigenvalue weighted by atomic mass is 16.5. The number of rotatable bonds is 6. The van der Waals surface area contributed by atoms with E-state index in [4.69, 9.17) is 4.74 Å². The van der Waals surface area contributed by atoms with Crippen molar-refractivity contribution in [2.45, 2.75) is 46.9 Å². The molecule has 0 fully saturated rings. The van der Waals surface area contributed by atoms with Gasteiger partial charge in [0.15, 0.2) is 0 Å². The van der Waals surface area contributed by atoms with Gasteiger partial charge in [0.1, 0.15) is 12.4 Å². The molecule has 0 bridgehead atoms. The van der Waals surface area contributed by atoms with E-state index in [9.17, 15) is 0 Å². The zero-order valence-electron chi connectivity index (χ0n) is 13.4. The molecule has 2 heteroatoms. The zero-order valence-corrected chi connectivity index (χ0v) is 13.4. The van der Waals surface area contributed by atoms with Crippen molar-refractivity contribution in [2.75, 3.05) is 0 Å². The molecular weight excluding hydrogens is 258 g/mol. The van der Waals surface area contributed by atoms with Crippen molar-refractivity contribution in [3.05, 3.63) is 64.7 Å². The van der Waals surface area contributed by atoms with Crippen molar-refractivity contribution in [2.24, 2.45) is 0 Å². The van der Waals surface area contributed by atoms with Crippen LogP contribution in [0.5, 0.6) is 5.75 Å². The Kier molecular flexibility index (Phi) is 5.40. The fourth-order valence-electron chi connectivity index (χ4n) is 2.30. The number of benzene rings is 2. The summed E-state index contributed by atoms with van der Waals surface area (Å²) in [5.74, 6) is 1.01. The molecule has 0 heterocycles. The normalized spacial score (nSPS) is 10.9. The van der Waals surface area contributed by atoms with Crippen LogP contribution in [0.1, 0.15) is 36.1 Å². The quantitative estimate of drug-likeness (QED) is 0.849. The number of para-hydroxylation sites is 1. The zero-order chi connectivity index (χ0) is 15.2. The van der Waals surface area contributed by atoms with E-state index in [0.29, 0.717) is 12.6 Å². The van der Waals surface area contributed by atoms with Crippen LogP contribution in [0.2, 0.25) is 0 Å². The van der Waals surface area contributed by atoms with E-state index in [1.165, 1.54) is 22.3 Å². The maximum Gasteiger partial charge on any atom is 0.127 e. The third-order valence-electron chi connectivity index (χ3n) is 3.63. The first-order valence-electron chi connectivity index (χ1n) is 7.57. The number of ether oxygens (including phenoxy) is 1. The second kappa shape index (κ2) is 7.28. The van der Waals surface area contributed by atoms with Crippen LogP contribution in [0.15, 0.2) is 42.5 Å². The highest BCUT2D eigenvalue weighted by Crippen LogP contribution is 2.25. The molecule has 0 amide bonds. The molecule has 0 aliphatic carbocycles. The van der Waals surface area contributed by atoms with Crippen LogP contribution >= 0.6 is 0 Å². The van der Waals surface area contributed by atoms with Crippen molar-refractivity contribution in [3.63, 3.8) is 0 Å². The van der Waals surface area contributed by atoms with Crippen LogP contribution < -0.4 is 10.1 Å². The summed E-state index contributed by atoms with van der Waals surface area (Å²) in [7, 11) is 0.